The summed E-state index contributed by atoms with van der Waals surface area (Å²) in [6, 6.07) is 21.3. The lowest BCUT2D eigenvalue weighted by molar-refractivity contribution is 0.219. The maximum atomic E-state index is 6.97. The minimum atomic E-state index is -2.68. The molecule has 0 heterocycles. The van der Waals surface area contributed by atoms with Crippen molar-refractivity contribution in [3.63, 3.8) is 0 Å². The minimum absolute atomic E-state index is 0.0723. The topological polar surface area (TPSA) is 21.6 Å². The Morgan fingerprint density at radius 1 is 0.867 bits per heavy atom. The molecule has 2 nitrogen and oxygen atoms in total. The number of nitrogens with zero attached hydrogens (tertiary/aromatic N) is 1. The van der Waals surface area contributed by atoms with E-state index >= 15 is 0 Å². The second kappa shape index (κ2) is 8.88. The molecule has 30 heavy (non-hydrogen) atoms. The van der Waals surface area contributed by atoms with Crippen molar-refractivity contribution in [2.24, 2.45) is 16.5 Å². The largest absolute Gasteiger partial charge is 0.443 e. The Bertz CT molecular complexity index is 813. The van der Waals surface area contributed by atoms with Crippen LogP contribution in [0.25, 0.3) is 0 Å². The van der Waals surface area contributed by atoms with Gasteiger partial charge in [-0.2, -0.15) is 0 Å². The van der Waals surface area contributed by atoms with Crippen molar-refractivity contribution in [1.29, 1.82) is 0 Å². The first kappa shape index (κ1) is 23.1. The molecule has 3 rings (SSSR count). The lowest BCUT2D eigenvalue weighted by atomic mass is 9.71. The molecule has 0 spiro atoms. The fourth-order valence-electron chi connectivity index (χ4n) is 4.74. The van der Waals surface area contributed by atoms with E-state index < -0.39 is 8.32 Å². The van der Waals surface area contributed by atoms with Crippen molar-refractivity contribution in [3.05, 3.63) is 60.7 Å². The normalized spacial score (nSPS) is 22.2. The van der Waals surface area contributed by atoms with Crippen molar-refractivity contribution in [1.82, 2.24) is 0 Å². The summed E-state index contributed by atoms with van der Waals surface area (Å²) in [4.78, 5) is 0. The van der Waals surface area contributed by atoms with E-state index in [0.29, 0.717) is 5.92 Å². The first-order valence-electron chi connectivity index (χ1n) is 11.1. The summed E-state index contributed by atoms with van der Waals surface area (Å²) in [6.07, 6.45) is 3.18. The number of alkyl halides is 1. The Morgan fingerprint density at radius 2 is 1.37 bits per heavy atom. The summed E-state index contributed by atoms with van der Waals surface area (Å²) in [5, 5.41) is 7.17. The summed E-state index contributed by atoms with van der Waals surface area (Å²) in [5.74, 6) is 0.412. The summed E-state index contributed by atoms with van der Waals surface area (Å²) < 4.78 is 6.78. The van der Waals surface area contributed by atoms with Gasteiger partial charge in [-0.15, -0.1) is 16.8 Å². The van der Waals surface area contributed by atoms with Gasteiger partial charge in [0.15, 0.2) is 0 Å². The van der Waals surface area contributed by atoms with Gasteiger partial charge in [0, 0.05) is 5.04 Å². The van der Waals surface area contributed by atoms with Crippen molar-refractivity contribution in [2.75, 3.05) is 0 Å². The van der Waals surface area contributed by atoms with E-state index in [1.165, 1.54) is 10.4 Å². The highest BCUT2D eigenvalue weighted by Gasteiger charge is 2.53. The molecule has 0 N–H and O–H groups in total. The van der Waals surface area contributed by atoms with E-state index in [0.717, 1.165) is 25.0 Å². The Hall–Kier alpha value is -1.58. The summed E-state index contributed by atoms with van der Waals surface area (Å²) in [5.41, 5.74) is 1.17. The Labute approximate surface area is 188 Å². The molecule has 0 aliphatic heterocycles. The van der Waals surface area contributed by atoms with E-state index in [1.54, 1.807) is 0 Å². The van der Waals surface area contributed by atoms with E-state index in [1.807, 2.05) is 0 Å². The second-order valence-electron chi connectivity index (χ2n) is 10.6. The van der Waals surface area contributed by atoms with Crippen LogP contribution in [-0.4, -0.2) is 19.4 Å². The minimum Gasteiger partial charge on any atom is -0.443 e. The molecule has 4 heteroatoms. The number of rotatable bonds is 4. The third kappa shape index (κ3) is 4.52. The zero-order valence-electron chi connectivity index (χ0n) is 19.3. The molecule has 0 bridgehead atoms. The van der Waals surface area contributed by atoms with Crippen molar-refractivity contribution >= 4 is 36.0 Å². The van der Waals surface area contributed by atoms with Crippen LogP contribution in [0.15, 0.2) is 65.8 Å². The quantitative estimate of drug-likeness (QED) is 0.306. The van der Waals surface area contributed by atoms with Gasteiger partial charge in [0.05, 0.1) is 11.1 Å². The van der Waals surface area contributed by atoms with Gasteiger partial charge < -0.3 is 4.53 Å². The molecule has 1 aliphatic rings. The molecule has 1 aliphatic carbocycles. The van der Waals surface area contributed by atoms with Gasteiger partial charge in [-0.3, -0.25) is 0 Å². The molecule has 2 aromatic carbocycles. The predicted molar refractivity (Wildman–Crippen MR) is 133 cm³/mol. The number of benzene rings is 2. The molecule has 0 radical (unpaired) electrons. The van der Waals surface area contributed by atoms with Crippen LogP contribution in [0, 0.1) is 11.3 Å². The monoisotopic (exact) mass is 441 g/mol. The molecular formula is C26H36ClNOSi. The van der Waals surface area contributed by atoms with Gasteiger partial charge in [-0.1, -0.05) is 102 Å². The van der Waals surface area contributed by atoms with Crippen LogP contribution < -0.4 is 10.4 Å². The highest BCUT2D eigenvalue weighted by atomic mass is 35.5. The maximum absolute atomic E-state index is 6.97. The molecule has 162 valence electrons. The van der Waals surface area contributed by atoms with Crippen LogP contribution in [-0.2, 0) is 4.53 Å². The van der Waals surface area contributed by atoms with Gasteiger partial charge >= 0.3 is 8.32 Å². The van der Waals surface area contributed by atoms with Gasteiger partial charge in [-0.25, -0.2) is 0 Å². The summed E-state index contributed by atoms with van der Waals surface area (Å²) >= 11 is 6.97. The van der Waals surface area contributed by atoms with Crippen LogP contribution >= 0.6 is 11.6 Å². The fourth-order valence-corrected chi connectivity index (χ4v) is 9.52. The average molecular weight is 442 g/mol. The van der Waals surface area contributed by atoms with Crippen LogP contribution in [0.4, 0.5) is 0 Å². The molecule has 2 atom stereocenters. The van der Waals surface area contributed by atoms with Crippen LogP contribution in [0.2, 0.25) is 5.04 Å². The molecule has 0 aromatic heterocycles. The standard InChI is InChI=1S/C26H36ClNOSi/c1-25(2,3)22-18-13-19-23(24(22)27)28-29-30(26(4,5)6,20-14-9-7-10-15-20)21-16-11-8-12-17-21/h7-12,14-17,22,24H,13,18-19H2,1-6H3/b28-23-/t22-,24-/m1/s1. The number of hydrogen-bond donors (Lipinski definition) is 0. The van der Waals surface area contributed by atoms with Crippen LogP contribution in [0.5, 0.6) is 0 Å². The van der Waals surface area contributed by atoms with Crippen molar-refractivity contribution < 1.29 is 4.53 Å². The van der Waals surface area contributed by atoms with E-state index in [2.05, 4.69) is 102 Å². The molecule has 1 saturated carbocycles. The van der Waals surface area contributed by atoms with E-state index in [9.17, 15) is 0 Å². The number of oxime groups is 1. The van der Waals surface area contributed by atoms with Gasteiger partial charge in [-0.05, 0) is 41.0 Å². The number of halogens is 1. The molecular weight excluding hydrogens is 406 g/mol. The Balaban J connectivity index is 2.09. The predicted octanol–water partition coefficient (Wildman–Crippen LogP) is 6.37. The van der Waals surface area contributed by atoms with Crippen LogP contribution in [0.3, 0.4) is 0 Å². The molecule has 0 amide bonds. The fraction of sp³-hybridized carbons (Fsp3) is 0.500. The van der Waals surface area contributed by atoms with E-state index in [-0.39, 0.29) is 15.8 Å². The highest BCUT2D eigenvalue weighted by Crippen LogP contribution is 2.41. The molecule has 0 saturated heterocycles. The number of hydrogen-bond acceptors (Lipinski definition) is 2. The van der Waals surface area contributed by atoms with Gasteiger partial charge in [0.2, 0.25) is 0 Å². The Kier molecular flexibility index (Phi) is 6.83. The summed E-state index contributed by atoms with van der Waals surface area (Å²) in [6.45, 7) is 13.7. The third-order valence-electron chi connectivity index (χ3n) is 6.45. The second-order valence-corrected chi connectivity index (χ2v) is 15.3. The molecule has 1 fully saturated rings. The van der Waals surface area contributed by atoms with Gasteiger partial charge in [0.1, 0.15) is 0 Å². The first-order chi connectivity index (χ1) is 14.1. The SMILES string of the molecule is CC(C)(C)[C@@H]1CCC/C(=N/O[Si](c2ccccc2)(c2ccccc2)C(C)(C)C)[C@@H]1Cl. The zero-order valence-corrected chi connectivity index (χ0v) is 21.0. The zero-order chi connectivity index (χ0) is 22.0. The first-order valence-corrected chi connectivity index (χ1v) is 13.4. The molecule has 2 aromatic rings. The lowest BCUT2D eigenvalue weighted by Crippen LogP contribution is -2.66. The third-order valence-corrected chi connectivity index (χ3v) is 11.8. The average Bonchev–Trinajstić information content (AvgIpc) is 2.69. The van der Waals surface area contributed by atoms with Crippen LogP contribution in [0.1, 0.15) is 60.8 Å². The maximum Gasteiger partial charge on any atom is 0.354 e. The lowest BCUT2D eigenvalue weighted by Gasteiger charge is -2.41. The molecule has 0 unspecified atom stereocenters. The highest BCUT2D eigenvalue weighted by molar-refractivity contribution is 6.99. The van der Waals surface area contributed by atoms with Gasteiger partial charge in [0.25, 0.3) is 0 Å². The Morgan fingerprint density at radius 3 is 1.80 bits per heavy atom. The summed E-state index contributed by atoms with van der Waals surface area (Å²) in [7, 11) is -2.68. The van der Waals surface area contributed by atoms with E-state index in [4.69, 9.17) is 21.3 Å². The van der Waals surface area contributed by atoms with Crippen molar-refractivity contribution in [3.8, 4) is 0 Å². The van der Waals surface area contributed by atoms with Crippen molar-refractivity contribution in [2.45, 2.75) is 71.2 Å². The smallest absolute Gasteiger partial charge is 0.354 e.